The minimum absolute atomic E-state index is 0.181. The van der Waals surface area contributed by atoms with Crippen LogP contribution in [-0.4, -0.2) is 24.0 Å². The molecule has 1 heterocycles. The fourth-order valence-electron chi connectivity index (χ4n) is 2.72. The Balaban J connectivity index is 1.65. The largest absolute Gasteiger partial charge is 0.357 e. The highest BCUT2D eigenvalue weighted by Crippen LogP contribution is 2.19. The number of para-hydroxylation sites is 1. The van der Waals surface area contributed by atoms with Gasteiger partial charge >= 0.3 is 6.03 Å². The number of nitrogens with one attached hydrogen (secondary N) is 4. The number of carbonyl (C=O) groups is 2. The maximum atomic E-state index is 12.2. The minimum atomic E-state index is -0.323. The molecule has 128 valence electrons. The van der Waals surface area contributed by atoms with Crippen molar-refractivity contribution in [2.24, 2.45) is 0 Å². The van der Waals surface area contributed by atoms with Crippen LogP contribution >= 0.6 is 0 Å². The third-order valence-electron chi connectivity index (χ3n) is 4.08. The van der Waals surface area contributed by atoms with E-state index in [-0.39, 0.29) is 11.9 Å². The zero-order valence-corrected chi connectivity index (χ0v) is 14.1. The highest BCUT2D eigenvalue weighted by atomic mass is 16.2. The predicted molar refractivity (Wildman–Crippen MR) is 98.7 cm³/mol. The van der Waals surface area contributed by atoms with Crippen LogP contribution in [0.1, 0.15) is 21.6 Å². The first-order valence-corrected chi connectivity index (χ1v) is 8.01. The van der Waals surface area contributed by atoms with Gasteiger partial charge in [0.25, 0.3) is 5.91 Å². The Kier molecular flexibility index (Phi) is 4.70. The van der Waals surface area contributed by atoms with Gasteiger partial charge in [0.05, 0.1) is 6.54 Å². The van der Waals surface area contributed by atoms with Crippen molar-refractivity contribution >= 4 is 28.5 Å². The number of H-pyrrole nitrogens is 1. The molecule has 0 fully saturated rings. The van der Waals surface area contributed by atoms with Gasteiger partial charge in [0.2, 0.25) is 0 Å². The van der Waals surface area contributed by atoms with E-state index in [9.17, 15) is 9.59 Å². The standard InChI is InChI=1S/C19H20N4O2/c1-12-15(18(24)20-2)7-5-9-16(12)23-19(25)21-11-14-10-13-6-3-4-8-17(13)22-14/h3-10,22H,11H2,1-2H3,(H,20,24)(H2,21,23,25). The minimum Gasteiger partial charge on any atom is -0.357 e. The van der Waals surface area contributed by atoms with E-state index in [2.05, 4.69) is 20.9 Å². The molecule has 0 aliphatic heterocycles. The smallest absolute Gasteiger partial charge is 0.319 e. The molecule has 2 aromatic carbocycles. The summed E-state index contributed by atoms with van der Waals surface area (Å²) in [5, 5.41) is 9.30. The van der Waals surface area contributed by atoms with Crippen molar-refractivity contribution < 1.29 is 9.59 Å². The second-order valence-corrected chi connectivity index (χ2v) is 5.75. The first-order valence-electron chi connectivity index (χ1n) is 8.01. The molecule has 25 heavy (non-hydrogen) atoms. The molecule has 0 aliphatic rings. The van der Waals surface area contributed by atoms with Crippen molar-refractivity contribution in [3.63, 3.8) is 0 Å². The highest BCUT2D eigenvalue weighted by molar-refractivity contribution is 5.98. The molecule has 0 saturated heterocycles. The second-order valence-electron chi connectivity index (χ2n) is 5.75. The summed E-state index contributed by atoms with van der Waals surface area (Å²) in [6.45, 7) is 2.19. The number of hydrogen-bond donors (Lipinski definition) is 4. The van der Waals surface area contributed by atoms with Crippen LogP contribution in [0.15, 0.2) is 48.5 Å². The van der Waals surface area contributed by atoms with Crippen LogP contribution < -0.4 is 16.0 Å². The molecule has 4 N–H and O–H groups in total. The Morgan fingerprint density at radius 2 is 1.88 bits per heavy atom. The van der Waals surface area contributed by atoms with E-state index < -0.39 is 0 Å². The lowest BCUT2D eigenvalue weighted by Crippen LogP contribution is -2.29. The number of hydrogen-bond acceptors (Lipinski definition) is 2. The van der Waals surface area contributed by atoms with Crippen LogP contribution in [0.2, 0.25) is 0 Å². The van der Waals surface area contributed by atoms with Crippen molar-refractivity contribution in [2.45, 2.75) is 13.5 Å². The summed E-state index contributed by atoms with van der Waals surface area (Å²) in [6, 6.07) is 14.9. The molecule has 0 radical (unpaired) electrons. The van der Waals surface area contributed by atoms with Crippen molar-refractivity contribution in [1.82, 2.24) is 15.6 Å². The third kappa shape index (κ3) is 3.63. The maximum absolute atomic E-state index is 12.2. The van der Waals surface area contributed by atoms with Gasteiger partial charge < -0.3 is 20.9 Å². The van der Waals surface area contributed by atoms with Gasteiger partial charge in [-0.15, -0.1) is 0 Å². The van der Waals surface area contributed by atoms with Gasteiger partial charge in [-0.25, -0.2) is 4.79 Å². The molecule has 6 nitrogen and oxygen atoms in total. The molecule has 0 spiro atoms. The number of anilines is 1. The highest BCUT2D eigenvalue weighted by Gasteiger charge is 2.12. The number of aromatic amines is 1. The van der Waals surface area contributed by atoms with Crippen LogP contribution in [0, 0.1) is 6.92 Å². The molecular formula is C19H20N4O2. The van der Waals surface area contributed by atoms with Gasteiger partial charge in [0.15, 0.2) is 0 Å². The molecule has 0 atom stereocenters. The Labute approximate surface area is 145 Å². The van der Waals surface area contributed by atoms with Gasteiger partial charge in [-0.2, -0.15) is 0 Å². The normalized spacial score (nSPS) is 10.5. The summed E-state index contributed by atoms with van der Waals surface area (Å²) in [4.78, 5) is 27.3. The number of rotatable bonds is 4. The van der Waals surface area contributed by atoms with E-state index in [4.69, 9.17) is 0 Å². The third-order valence-corrected chi connectivity index (χ3v) is 4.08. The lowest BCUT2D eigenvalue weighted by molar-refractivity contribution is 0.0962. The Morgan fingerprint density at radius 1 is 1.08 bits per heavy atom. The Morgan fingerprint density at radius 3 is 2.64 bits per heavy atom. The monoisotopic (exact) mass is 336 g/mol. The van der Waals surface area contributed by atoms with E-state index in [1.54, 1.807) is 32.2 Å². The van der Waals surface area contributed by atoms with Gasteiger partial charge in [-0.05, 0) is 42.1 Å². The topological polar surface area (TPSA) is 86.0 Å². The zero-order valence-electron chi connectivity index (χ0n) is 14.1. The van der Waals surface area contributed by atoms with E-state index in [1.165, 1.54) is 0 Å². The zero-order chi connectivity index (χ0) is 17.8. The van der Waals surface area contributed by atoms with Crippen LogP contribution in [0.5, 0.6) is 0 Å². The number of carbonyl (C=O) groups excluding carboxylic acids is 2. The van der Waals surface area contributed by atoms with Gasteiger partial charge in [-0.1, -0.05) is 24.3 Å². The molecule has 0 bridgehead atoms. The molecule has 0 saturated carbocycles. The molecule has 3 rings (SSSR count). The Bertz CT molecular complexity index is 897. The number of aromatic nitrogens is 1. The first-order chi connectivity index (χ1) is 12.1. The fraction of sp³-hybridized carbons (Fsp3) is 0.158. The van der Waals surface area contributed by atoms with Crippen molar-refractivity contribution in [1.29, 1.82) is 0 Å². The van der Waals surface area contributed by atoms with Crippen molar-refractivity contribution in [2.75, 3.05) is 12.4 Å². The van der Waals surface area contributed by atoms with Crippen LogP contribution in [-0.2, 0) is 6.54 Å². The lowest BCUT2D eigenvalue weighted by Gasteiger charge is -2.12. The molecule has 3 amide bonds. The fourth-order valence-corrected chi connectivity index (χ4v) is 2.72. The van der Waals surface area contributed by atoms with Gasteiger partial charge in [0.1, 0.15) is 0 Å². The Hall–Kier alpha value is -3.28. The summed E-state index contributed by atoms with van der Waals surface area (Å²) in [6.07, 6.45) is 0. The van der Waals surface area contributed by atoms with Gasteiger partial charge in [0, 0.05) is 29.5 Å². The van der Waals surface area contributed by atoms with E-state index in [0.29, 0.717) is 17.8 Å². The summed E-state index contributed by atoms with van der Waals surface area (Å²) < 4.78 is 0. The van der Waals surface area contributed by atoms with Crippen LogP contribution in [0.25, 0.3) is 10.9 Å². The first kappa shape index (κ1) is 16.6. The van der Waals surface area contributed by atoms with E-state index in [0.717, 1.165) is 22.2 Å². The number of fused-ring (bicyclic) bond motifs is 1. The van der Waals surface area contributed by atoms with Crippen molar-refractivity contribution in [3.8, 4) is 0 Å². The molecule has 0 aliphatic carbocycles. The quantitative estimate of drug-likeness (QED) is 0.590. The summed E-state index contributed by atoms with van der Waals surface area (Å²) in [5.74, 6) is -0.181. The number of amides is 3. The predicted octanol–water partition coefficient (Wildman–Crippen LogP) is 3.16. The molecule has 0 unspecified atom stereocenters. The average molecular weight is 336 g/mol. The second kappa shape index (κ2) is 7.09. The lowest BCUT2D eigenvalue weighted by atomic mass is 10.1. The molecule has 3 aromatic rings. The SMILES string of the molecule is CNC(=O)c1cccc(NC(=O)NCc2cc3ccccc3[nH]2)c1C. The number of benzene rings is 2. The maximum Gasteiger partial charge on any atom is 0.319 e. The summed E-state index contributed by atoms with van der Waals surface area (Å²) >= 11 is 0. The van der Waals surface area contributed by atoms with Crippen LogP contribution in [0.3, 0.4) is 0 Å². The van der Waals surface area contributed by atoms with Crippen LogP contribution in [0.4, 0.5) is 10.5 Å². The summed E-state index contributed by atoms with van der Waals surface area (Å²) in [7, 11) is 1.58. The molecular weight excluding hydrogens is 316 g/mol. The van der Waals surface area contributed by atoms with E-state index in [1.807, 2.05) is 30.3 Å². The number of urea groups is 1. The van der Waals surface area contributed by atoms with E-state index >= 15 is 0 Å². The van der Waals surface area contributed by atoms with Crippen molar-refractivity contribution in [3.05, 3.63) is 65.4 Å². The average Bonchev–Trinajstić information content (AvgIpc) is 3.04. The molecule has 1 aromatic heterocycles. The molecule has 6 heteroatoms. The summed E-state index contributed by atoms with van der Waals surface area (Å²) in [5.41, 5.74) is 3.83. The van der Waals surface area contributed by atoms with Gasteiger partial charge in [-0.3, -0.25) is 4.79 Å².